The van der Waals surface area contributed by atoms with Gasteiger partial charge in [0.1, 0.15) is 11.4 Å². The molecule has 0 amide bonds. The van der Waals surface area contributed by atoms with Gasteiger partial charge in [0.15, 0.2) is 0 Å². The van der Waals surface area contributed by atoms with E-state index < -0.39 is 5.54 Å². The van der Waals surface area contributed by atoms with Crippen LogP contribution in [0.2, 0.25) is 0 Å². The van der Waals surface area contributed by atoms with Crippen LogP contribution in [-0.2, 0) is 22.5 Å². The van der Waals surface area contributed by atoms with Crippen LogP contribution < -0.4 is 5.32 Å². The first kappa shape index (κ1) is 14.7. The van der Waals surface area contributed by atoms with Crippen molar-refractivity contribution in [3.63, 3.8) is 0 Å². The van der Waals surface area contributed by atoms with E-state index in [9.17, 15) is 4.79 Å². The molecule has 0 aliphatic heterocycles. The van der Waals surface area contributed by atoms with Crippen molar-refractivity contribution in [3.8, 4) is 0 Å². The fraction of sp³-hybridized carbons (Fsp3) is 0.692. The van der Waals surface area contributed by atoms with Crippen LogP contribution in [-0.4, -0.2) is 34.7 Å². The summed E-state index contributed by atoms with van der Waals surface area (Å²) in [6, 6.07) is 0. The minimum absolute atomic E-state index is 0.203. The monoisotopic (exact) mass is 253 g/mol. The quantitative estimate of drug-likeness (QED) is 0.746. The molecule has 1 heterocycles. The second-order valence-electron chi connectivity index (χ2n) is 4.44. The van der Waals surface area contributed by atoms with Crippen LogP contribution in [0.3, 0.4) is 0 Å². The number of carbonyl (C=O) groups excluding carboxylic acids is 1. The Labute approximate surface area is 109 Å². The molecule has 1 rings (SSSR count). The number of imidazole rings is 1. The van der Waals surface area contributed by atoms with Gasteiger partial charge in [-0.2, -0.15) is 0 Å². The molecule has 18 heavy (non-hydrogen) atoms. The summed E-state index contributed by atoms with van der Waals surface area (Å²) < 4.78 is 7.18. The number of hydrogen-bond acceptors (Lipinski definition) is 4. The van der Waals surface area contributed by atoms with E-state index in [0.29, 0.717) is 13.0 Å². The fourth-order valence-electron chi connectivity index (χ4n) is 1.82. The van der Waals surface area contributed by atoms with Crippen LogP contribution in [0, 0.1) is 0 Å². The molecule has 0 radical (unpaired) electrons. The molecule has 0 aliphatic rings. The average molecular weight is 253 g/mol. The maximum atomic E-state index is 11.9. The maximum absolute atomic E-state index is 11.9. The maximum Gasteiger partial charge on any atom is 0.326 e. The lowest BCUT2D eigenvalue weighted by Gasteiger charge is -2.27. The van der Waals surface area contributed by atoms with E-state index in [4.69, 9.17) is 4.74 Å². The van der Waals surface area contributed by atoms with Crippen molar-refractivity contribution in [1.82, 2.24) is 14.9 Å². The lowest BCUT2D eigenvalue weighted by Crippen LogP contribution is -2.49. The summed E-state index contributed by atoms with van der Waals surface area (Å²) in [6.07, 6.45) is 5.30. The van der Waals surface area contributed by atoms with Crippen LogP contribution >= 0.6 is 0 Å². The van der Waals surface area contributed by atoms with Crippen molar-refractivity contribution in [2.75, 3.05) is 13.7 Å². The summed E-state index contributed by atoms with van der Waals surface area (Å²) in [5.41, 5.74) is -0.648. The first-order valence-electron chi connectivity index (χ1n) is 6.43. The number of carbonyl (C=O) groups is 1. The number of nitrogens with one attached hydrogen (secondary N) is 1. The van der Waals surface area contributed by atoms with E-state index in [0.717, 1.165) is 18.8 Å². The minimum atomic E-state index is -0.648. The first-order chi connectivity index (χ1) is 8.57. The highest BCUT2D eigenvalue weighted by Gasteiger charge is 2.32. The Morgan fingerprint density at radius 1 is 1.56 bits per heavy atom. The number of hydrogen-bond donors (Lipinski definition) is 1. The third kappa shape index (κ3) is 3.32. The molecule has 1 aromatic rings. The Hall–Kier alpha value is -1.36. The largest absolute Gasteiger partial charge is 0.465 e. The summed E-state index contributed by atoms with van der Waals surface area (Å²) in [6.45, 7) is 6.91. The Morgan fingerprint density at radius 3 is 2.83 bits per heavy atom. The van der Waals surface area contributed by atoms with E-state index in [-0.39, 0.29) is 5.97 Å². The van der Waals surface area contributed by atoms with E-state index in [1.54, 1.807) is 13.2 Å². The predicted molar refractivity (Wildman–Crippen MR) is 70.3 cm³/mol. The number of aromatic nitrogens is 2. The molecule has 5 nitrogen and oxygen atoms in total. The molecule has 0 spiro atoms. The van der Waals surface area contributed by atoms with Gasteiger partial charge >= 0.3 is 5.97 Å². The molecule has 0 fully saturated rings. The van der Waals surface area contributed by atoms with Crippen LogP contribution in [0.1, 0.15) is 33.0 Å². The summed E-state index contributed by atoms with van der Waals surface area (Å²) in [5, 5.41) is 3.05. The van der Waals surface area contributed by atoms with Gasteiger partial charge < -0.3 is 14.6 Å². The van der Waals surface area contributed by atoms with Gasteiger partial charge in [0, 0.05) is 25.4 Å². The number of nitrogens with zero attached hydrogens (tertiary/aromatic N) is 2. The number of rotatable bonds is 7. The zero-order valence-corrected chi connectivity index (χ0v) is 11.7. The molecular formula is C13H23N3O2. The number of esters is 1. The Kier molecular flexibility index (Phi) is 5.34. The predicted octanol–water partition coefficient (Wildman–Crippen LogP) is 1.38. The number of likely N-dealkylation sites (N-methyl/N-ethyl adjacent to an activating group) is 1. The average Bonchev–Trinajstić information content (AvgIpc) is 2.83. The van der Waals surface area contributed by atoms with E-state index >= 15 is 0 Å². The minimum Gasteiger partial charge on any atom is -0.465 e. The summed E-state index contributed by atoms with van der Waals surface area (Å²) in [7, 11) is 1.78. The van der Waals surface area contributed by atoms with Crippen LogP contribution in [0.15, 0.2) is 12.4 Å². The van der Waals surface area contributed by atoms with Gasteiger partial charge in [0.2, 0.25) is 0 Å². The van der Waals surface area contributed by atoms with Crippen molar-refractivity contribution in [2.45, 2.75) is 45.7 Å². The molecule has 1 N–H and O–H groups in total. The molecule has 0 saturated heterocycles. The van der Waals surface area contributed by atoms with E-state index in [1.807, 2.05) is 20.0 Å². The van der Waals surface area contributed by atoms with Crippen LogP contribution in [0.4, 0.5) is 0 Å². The molecule has 0 aromatic carbocycles. The van der Waals surface area contributed by atoms with Crippen molar-refractivity contribution < 1.29 is 9.53 Å². The van der Waals surface area contributed by atoms with E-state index in [2.05, 4.69) is 21.8 Å². The standard InChI is InChI=1S/C13H23N3O2/c1-5-11-15-8-10-16(11)9-7-13(3,14-4)12(17)18-6-2/h8,10,14H,5-7,9H2,1-4H3. The van der Waals surface area contributed by atoms with Crippen molar-refractivity contribution in [1.29, 1.82) is 0 Å². The highest BCUT2D eigenvalue weighted by Crippen LogP contribution is 2.14. The number of ether oxygens (including phenoxy) is 1. The van der Waals surface area contributed by atoms with Gasteiger partial charge in [0.25, 0.3) is 0 Å². The van der Waals surface area contributed by atoms with Gasteiger partial charge in [-0.05, 0) is 27.3 Å². The third-order valence-electron chi connectivity index (χ3n) is 3.25. The molecule has 5 heteroatoms. The molecule has 0 bridgehead atoms. The van der Waals surface area contributed by atoms with Crippen LogP contribution in [0.5, 0.6) is 0 Å². The van der Waals surface area contributed by atoms with Crippen LogP contribution in [0.25, 0.3) is 0 Å². The van der Waals surface area contributed by atoms with Crippen molar-refractivity contribution in [3.05, 3.63) is 18.2 Å². The molecular weight excluding hydrogens is 230 g/mol. The highest BCUT2D eigenvalue weighted by molar-refractivity contribution is 5.80. The molecule has 1 atom stereocenters. The second kappa shape index (κ2) is 6.54. The summed E-state index contributed by atoms with van der Waals surface area (Å²) in [5.74, 6) is 0.836. The zero-order valence-electron chi connectivity index (χ0n) is 11.7. The summed E-state index contributed by atoms with van der Waals surface area (Å²) in [4.78, 5) is 16.2. The first-order valence-corrected chi connectivity index (χ1v) is 6.43. The molecule has 0 aliphatic carbocycles. The smallest absolute Gasteiger partial charge is 0.326 e. The molecule has 0 saturated carbocycles. The Morgan fingerprint density at radius 2 is 2.28 bits per heavy atom. The second-order valence-corrected chi connectivity index (χ2v) is 4.44. The Balaban J connectivity index is 2.66. The lowest BCUT2D eigenvalue weighted by molar-refractivity contribution is -0.150. The molecule has 102 valence electrons. The molecule has 1 aromatic heterocycles. The third-order valence-corrected chi connectivity index (χ3v) is 3.25. The number of aryl methyl sites for hydroxylation is 2. The summed E-state index contributed by atoms with van der Waals surface area (Å²) >= 11 is 0. The van der Waals surface area contributed by atoms with Crippen molar-refractivity contribution in [2.24, 2.45) is 0 Å². The van der Waals surface area contributed by atoms with Gasteiger partial charge in [-0.3, -0.25) is 4.79 Å². The van der Waals surface area contributed by atoms with Gasteiger partial charge in [0.05, 0.1) is 6.61 Å². The highest BCUT2D eigenvalue weighted by atomic mass is 16.5. The fourth-order valence-corrected chi connectivity index (χ4v) is 1.82. The van der Waals surface area contributed by atoms with Crippen molar-refractivity contribution >= 4 is 5.97 Å². The SMILES string of the molecule is CCOC(=O)C(C)(CCn1ccnc1CC)NC. The van der Waals surface area contributed by atoms with Gasteiger partial charge in [-0.25, -0.2) is 4.98 Å². The van der Waals surface area contributed by atoms with Gasteiger partial charge in [-0.15, -0.1) is 0 Å². The van der Waals surface area contributed by atoms with E-state index in [1.165, 1.54) is 0 Å². The van der Waals surface area contributed by atoms with Gasteiger partial charge in [-0.1, -0.05) is 6.92 Å². The zero-order chi connectivity index (χ0) is 13.6. The lowest BCUT2D eigenvalue weighted by atomic mass is 9.98. The Bertz CT molecular complexity index is 389. The molecule has 1 unspecified atom stereocenters. The normalized spacial score (nSPS) is 14.2. The topological polar surface area (TPSA) is 56.2 Å².